The molecule has 0 saturated heterocycles. The minimum atomic E-state index is -0.840. The van der Waals surface area contributed by atoms with Crippen LogP contribution in [0.2, 0.25) is 0 Å². The summed E-state index contributed by atoms with van der Waals surface area (Å²) < 4.78 is 3.62. The van der Waals surface area contributed by atoms with Crippen molar-refractivity contribution in [1.82, 2.24) is 0 Å². The van der Waals surface area contributed by atoms with E-state index in [9.17, 15) is 0 Å². The fraction of sp³-hybridized carbons (Fsp3) is 0.333. The van der Waals surface area contributed by atoms with Crippen LogP contribution in [-0.2, 0) is 61.4 Å². The van der Waals surface area contributed by atoms with Crippen LogP contribution in [0, 0.1) is 0 Å². The zero-order chi connectivity index (χ0) is 16.4. The van der Waals surface area contributed by atoms with Gasteiger partial charge in [-0.1, -0.05) is 0 Å². The van der Waals surface area contributed by atoms with Gasteiger partial charge in [-0.05, 0) is 0 Å². The summed E-state index contributed by atoms with van der Waals surface area (Å²) in [5.41, 5.74) is 12.9. The van der Waals surface area contributed by atoms with Gasteiger partial charge in [-0.3, -0.25) is 0 Å². The molecule has 4 aliphatic carbocycles. The van der Waals surface area contributed by atoms with Gasteiger partial charge in [-0.2, -0.15) is 0 Å². The van der Waals surface area contributed by atoms with Crippen LogP contribution in [-0.4, -0.2) is 0 Å². The molecule has 25 heavy (non-hydrogen) atoms. The van der Waals surface area contributed by atoms with Gasteiger partial charge in [0.1, 0.15) is 0 Å². The molecule has 0 aromatic heterocycles. The predicted molar refractivity (Wildman–Crippen MR) is 100 cm³/mol. The average Bonchev–Trinajstić information content (AvgIpc) is 3.34. The number of fused-ring (bicyclic) bond motifs is 4. The molecule has 0 saturated carbocycles. The van der Waals surface area contributed by atoms with Gasteiger partial charge >= 0.3 is 162 Å². The number of hydrogen-bond donors (Lipinski definition) is 0. The number of allylic oxidation sites excluding steroid dienone is 2. The SMILES string of the molecule is C1=[C]([Hf][C]2=Cc3cc4c(cc3C2)CCC4)Cc2cc3c(cc21)CCC3. The Hall–Kier alpha value is -1.21. The molecule has 0 bridgehead atoms. The van der Waals surface area contributed by atoms with Crippen LogP contribution in [0.4, 0.5) is 0 Å². The van der Waals surface area contributed by atoms with E-state index in [4.69, 9.17) is 0 Å². The van der Waals surface area contributed by atoms with Gasteiger partial charge in [0, 0.05) is 0 Å². The summed E-state index contributed by atoms with van der Waals surface area (Å²) in [6.45, 7) is 0. The molecule has 0 aliphatic heterocycles. The van der Waals surface area contributed by atoms with Crippen molar-refractivity contribution in [2.45, 2.75) is 51.4 Å². The maximum absolute atomic E-state index is 2.57. The molecule has 2 aromatic rings. The summed E-state index contributed by atoms with van der Waals surface area (Å²) >= 11 is -0.840. The third-order valence-electron chi connectivity index (χ3n) is 6.45. The molecule has 0 unspecified atom stereocenters. The summed E-state index contributed by atoms with van der Waals surface area (Å²) in [6, 6.07) is 10.1. The topological polar surface area (TPSA) is 0 Å². The first-order valence-electron chi connectivity index (χ1n) is 9.79. The molecule has 0 heterocycles. The average molecular weight is 489 g/mol. The first kappa shape index (κ1) is 14.9. The predicted octanol–water partition coefficient (Wildman–Crippen LogP) is 5.24. The molecule has 6 rings (SSSR count). The van der Waals surface area contributed by atoms with Gasteiger partial charge in [0.05, 0.1) is 0 Å². The molecular formula is C24H22Hf. The first-order chi connectivity index (χ1) is 12.3. The van der Waals surface area contributed by atoms with Gasteiger partial charge in [0.25, 0.3) is 0 Å². The van der Waals surface area contributed by atoms with Gasteiger partial charge in [0.15, 0.2) is 0 Å². The summed E-state index contributed by atoms with van der Waals surface area (Å²) in [5.74, 6) is 0. The molecule has 0 radical (unpaired) electrons. The van der Waals surface area contributed by atoms with E-state index >= 15 is 0 Å². The van der Waals surface area contributed by atoms with Crippen LogP contribution >= 0.6 is 0 Å². The van der Waals surface area contributed by atoms with E-state index in [0.29, 0.717) is 0 Å². The Kier molecular flexibility index (Phi) is 3.36. The molecule has 0 fully saturated rings. The third-order valence-corrected chi connectivity index (χ3v) is 11.1. The molecule has 122 valence electrons. The maximum atomic E-state index is 2.57. The van der Waals surface area contributed by atoms with Crippen molar-refractivity contribution in [2.75, 3.05) is 0 Å². The van der Waals surface area contributed by atoms with Gasteiger partial charge in [-0.15, -0.1) is 0 Å². The van der Waals surface area contributed by atoms with Crippen LogP contribution in [0.3, 0.4) is 0 Å². The van der Waals surface area contributed by atoms with Crippen LogP contribution < -0.4 is 0 Å². The molecule has 0 nitrogen and oxygen atoms in total. The minimum absolute atomic E-state index is 0.840. The second kappa shape index (κ2) is 5.64. The second-order valence-electron chi connectivity index (χ2n) is 8.16. The van der Waals surface area contributed by atoms with E-state index in [-0.39, 0.29) is 0 Å². The molecular weight excluding hydrogens is 467 g/mol. The Morgan fingerprint density at radius 1 is 0.520 bits per heavy atom. The monoisotopic (exact) mass is 490 g/mol. The Bertz CT molecular complexity index is 895. The second-order valence-corrected chi connectivity index (χ2v) is 13.7. The van der Waals surface area contributed by atoms with E-state index in [2.05, 4.69) is 36.4 Å². The quantitative estimate of drug-likeness (QED) is 0.507. The van der Waals surface area contributed by atoms with Crippen molar-refractivity contribution >= 4 is 12.2 Å². The van der Waals surface area contributed by atoms with Crippen LogP contribution in [0.15, 0.2) is 30.9 Å². The van der Waals surface area contributed by atoms with E-state index < -0.39 is 22.9 Å². The molecule has 0 atom stereocenters. The normalized spacial score (nSPS) is 19.2. The van der Waals surface area contributed by atoms with E-state index in [1.165, 1.54) is 51.4 Å². The molecule has 2 aromatic carbocycles. The summed E-state index contributed by atoms with van der Waals surface area (Å²) in [6.07, 6.45) is 15.6. The Morgan fingerprint density at radius 3 is 1.44 bits per heavy atom. The standard InChI is InChI=1S/2C12H11.Hf/c2*1-3-9-7-11-5-2-6-12(11)8-10(9)4-1;/h2*5,7-8H,1,3-4,6H2;. The first-order valence-corrected chi connectivity index (χ1v) is 13.4. The van der Waals surface area contributed by atoms with E-state index in [0.717, 1.165) is 0 Å². The van der Waals surface area contributed by atoms with Crippen molar-refractivity contribution in [2.24, 2.45) is 0 Å². The summed E-state index contributed by atoms with van der Waals surface area (Å²) in [4.78, 5) is 0. The zero-order valence-corrected chi connectivity index (χ0v) is 18.2. The molecule has 4 aliphatic rings. The molecule has 1 heteroatoms. The number of rotatable bonds is 2. The summed E-state index contributed by atoms with van der Waals surface area (Å²) in [7, 11) is 0. The van der Waals surface area contributed by atoms with E-state index in [1.807, 2.05) is 6.66 Å². The van der Waals surface area contributed by atoms with Crippen LogP contribution in [0.25, 0.3) is 12.2 Å². The summed E-state index contributed by atoms with van der Waals surface area (Å²) in [5, 5.41) is 0. The fourth-order valence-electron chi connectivity index (χ4n) is 5.22. The van der Waals surface area contributed by atoms with Gasteiger partial charge in [-0.25, -0.2) is 0 Å². The molecule has 0 N–H and O–H groups in total. The van der Waals surface area contributed by atoms with Crippen molar-refractivity contribution in [3.63, 3.8) is 0 Å². The Balaban J connectivity index is 1.24. The third kappa shape index (κ3) is 2.50. The number of aryl methyl sites for hydroxylation is 4. The Labute approximate surface area is 161 Å². The van der Waals surface area contributed by atoms with E-state index in [1.54, 1.807) is 44.5 Å². The Morgan fingerprint density at radius 2 is 0.960 bits per heavy atom. The van der Waals surface area contributed by atoms with Crippen LogP contribution in [0.5, 0.6) is 0 Å². The fourth-order valence-corrected chi connectivity index (χ4v) is 10.3. The van der Waals surface area contributed by atoms with Crippen molar-refractivity contribution in [3.8, 4) is 0 Å². The number of hydrogen-bond acceptors (Lipinski definition) is 0. The van der Waals surface area contributed by atoms with Crippen molar-refractivity contribution < 1.29 is 22.9 Å². The zero-order valence-electron chi connectivity index (χ0n) is 14.6. The van der Waals surface area contributed by atoms with Crippen LogP contribution in [0.1, 0.15) is 57.3 Å². The van der Waals surface area contributed by atoms with Gasteiger partial charge < -0.3 is 0 Å². The molecule has 0 amide bonds. The molecule has 0 spiro atoms. The van der Waals surface area contributed by atoms with Crippen molar-refractivity contribution in [3.05, 3.63) is 75.4 Å². The number of benzene rings is 2. The van der Waals surface area contributed by atoms with Gasteiger partial charge in [0.2, 0.25) is 0 Å². The van der Waals surface area contributed by atoms with Crippen molar-refractivity contribution in [1.29, 1.82) is 0 Å².